The number of sulfonamides is 1. The van der Waals surface area contributed by atoms with Gasteiger partial charge in [-0.2, -0.15) is 4.31 Å². The number of ketones is 1. The van der Waals surface area contributed by atoms with Gasteiger partial charge in [0.2, 0.25) is 10.0 Å². The molecule has 1 aliphatic rings. The number of H-pyrrole nitrogens is 1. The maximum absolute atomic E-state index is 13.1. The highest BCUT2D eigenvalue weighted by atomic mass is 32.2. The largest absolute Gasteiger partial charge is 0.360 e. The molecule has 3 aromatic rings. The van der Waals surface area contributed by atoms with Gasteiger partial charge in [0.25, 0.3) is 0 Å². The minimum Gasteiger partial charge on any atom is -0.360 e. The van der Waals surface area contributed by atoms with Gasteiger partial charge >= 0.3 is 0 Å². The van der Waals surface area contributed by atoms with Gasteiger partial charge in [0.15, 0.2) is 11.5 Å². The van der Waals surface area contributed by atoms with Crippen LogP contribution >= 0.6 is 0 Å². The lowest BCUT2D eigenvalue weighted by atomic mass is 10.0. The summed E-state index contributed by atoms with van der Waals surface area (Å²) in [7, 11) is -3.66. The molecule has 1 fully saturated rings. The van der Waals surface area contributed by atoms with Crippen molar-refractivity contribution in [1.29, 1.82) is 0 Å². The van der Waals surface area contributed by atoms with Crippen molar-refractivity contribution in [3.8, 4) is 0 Å². The van der Waals surface area contributed by atoms with Crippen LogP contribution in [0.5, 0.6) is 0 Å². The molecule has 1 aliphatic heterocycles. The molecule has 1 N–H and O–H groups in total. The number of rotatable bonds is 5. The predicted molar refractivity (Wildman–Crippen MR) is 108 cm³/mol. The Hall–Kier alpha value is -2.49. The number of Topliss-reactive ketones (excluding diaryl/α,β-unsaturated/α-hetero) is 1. The van der Waals surface area contributed by atoms with Crippen molar-refractivity contribution in [3.05, 3.63) is 47.5 Å². The van der Waals surface area contributed by atoms with E-state index < -0.39 is 10.0 Å². The number of nitrogens with zero attached hydrogens (tertiary/aromatic N) is 3. The average molecular weight is 417 g/mol. The normalized spacial score (nSPS) is 17.6. The monoisotopic (exact) mass is 416 g/mol. The number of aryl methyl sites for hydroxylation is 2. The van der Waals surface area contributed by atoms with Crippen molar-refractivity contribution in [2.45, 2.75) is 31.7 Å². The van der Waals surface area contributed by atoms with Crippen LogP contribution in [0.2, 0.25) is 0 Å². The number of carbonyl (C=O) groups is 1. The van der Waals surface area contributed by atoms with Crippen LogP contribution in [-0.2, 0) is 10.0 Å². The Labute approximate surface area is 169 Å². The molecule has 3 heterocycles. The molecule has 1 atom stereocenters. The standard InChI is InChI=1S/C20H24N4O4S/c1-13-20(15(3)28-22-13)29(26,27)24-10-8-23(9-11-24)14(2)19(25)17-12-21-18-7-5-4-6-16(17)18/h4-7,12,14,21H,8-11H2,1-3H3. The van der Waals surface area contributed by atoms with Crippen LogP contribution in [0.4, 0.5) is 0 Å². The molecule has 4 rings (SSSR count). The summed E-state index contributed by atoms with van der Waals surface area (Å²) in [4.78, 5) is 18.4. The van der Waals surface area contributed by atoms with Crippen LogP contribution in [0.3, 0.4) is 0 Å². The topological polar surface area (TPSA) is 99.5 Å². The first-order valence-electron chi connectivity index (χ1n) is 9.58. The van der Waals surface area contributed by atoms with Gasteiger partial charge in [-0.3, -0.25) is 9.69 Å². The maximum Gasteiger partial charge on any atom is 0.248 e. The lowest BCUT2D eigenvalue weighted by molar-refractivity contribution is 0.0784. The Morgan fingerprint density at radius 3 is 2.52 bits per heavy atom. The second kappa shape index (κ2) is 7.40. The third kappa shape index (κ3) is 3.39. The van der Waals surface area contributed by atoms with Crippen molar-refractivity contribution in [2.75, 3.05) is 26.2 Å². The van der Waals surface area contributed by atoms with Crippen molar-refractivity contribution in [3.63, 3.8) is 0 Å². The van der Waals surface area contributed by atoms with E-state index in [1.54, 1.807) is 20.0 Å². The molecule has 0 aliphatic carbocycles. The Bertz CT molecular complexity index is 1140. The summed E-state index contributed by atoms with van der Waals surface area (Å²) in [5.41, 5.74) is 1.96. The molecule has 0 radical (unpaired) electrons. The Morgan fingerprint density at radius 2 is 1.86 bits per heavy atom. The smallest absolute Gasteiger partial charge is 0.248 e. The predicted octanol–water partition coefficient (Wildman–Crippen LogP) is 2.35. The van der Waals surface area contributed by atoms with Crippen LogP contribution in [0, 0.1) is 13.8 Å². The van der Waals surface area contributed by atoms with Crippen molar-refractivity contribution >= 4 is 26.7 Å². The van der Waals surface area contributed by atoms with E-state index in [2.05, 4.69) is 10.1 Å². The molecule has 0 spiro atoms. The lowest BCUT2D eigenvalue weighted by Crippen LogP contribution is -2.53. The molecule has 9 heteroatoms. The lowest BCUT2D eigenvalue weighted by Gasteiger charge is -2.36. The second-order valence-electron chi connectivity index (χ2n) is 7.38. The van der Waals surface area contributed by atoms with Gasteiger partial charge in [0.1, 0.15) is 10.6 Å². The summed E-state index contributed by atoms with van der Waals surface area (Å²) in [6.07, 6.45) is 1.75. The molecule has 8 nitrogen and oxygen atoms in total. The highest BCUT2D eigenvalue weighted by molar-refractivity contribution is 7.89. The molecule has 0 bridgehead atoms. The van der Waals surface area contributed by atoms with E-state index in [9.17, 15) is 13.2 Å². The fourth-order valence-corrected chi connectivity index (χ4v) is 5.68. The zero-order chi connectivity index (χ0) is 20.8. The van der Waals surface area contributed by atoms with Gasteiger partial charge in [0, 0.05) is 48.8 Å². The van der Waals surface area contributed by atoms with Crippen LogP contribution in [0.1, 0.15) is 28.7 Å². The SMILES string of the molecule is Cc1noc(C)c1S(=O)(=O)N1CCN(C(C)C(=O)c2c[nH]c3ccccc23)CC1. The van der Waals surface area contributed by atoms with Crippen LogP contribution in [-0.4, -0.2) is 65.8 Å². The highest BCUT2D eigenvalue weighted by Crippen LogP contribution is 2.25. The number of hydrogen-bond acceptors (Lipinski definition) is 6. The second-order valence-corrected chi connectivity index (χ2v) is 9.26. The Balaban J connectivity index is 1.47. The van der Waals surface area contributed by atoms with E-state index in [4.69, 9.17) is 4.52 Å². The molecular weight excluding hydrogens is 392 g/mol. The first-order chi connectivity index (χ1) is 13.8. The number of fused-ring (bicyclic) bond motifs is 1. The molecule has 154 valence electrons. The number of para-hydroxylation sites is 1. The minimum absolute atomic E-state index is 0.0319. The van der Waals surface area contributed by atoms with Crippen LogP contribution < -0.4 is 0 Å². The third-order valence-corrected chi connectivity index (χ3v) is 7.76. The molecular formula is C20H24N4O4S. The molecule has 29 heavy (non-hydrogen) atoms. The molecule has 0 saturated carbocycles. The fraction of sp³-hybridized carbons (Fsp3) is 0.400. The van der Waals surface area contributed by atoms with Gasteiger partial charge in [-0.15, -0.1) is 0 Å². The number of aromatic nitrogens is 2. The van der Waals surface area contributed by atoms with E-state index in [1.807, 2.05) is 36.1 Å². The van der Waals surface area contributed by atoms with Crippen molar-refractivity contribution < 1.29 is 17.7 Å². The van der Waals surface area contributed by atoms with Crippen molar-refractivity contribution in [2.24, 2.45) is 0 Å². The number of nitrogens with one attached hydrogen (secondary N) is 1. The number of carbonyl (C=O) groups excluding carboxylic acids is 1. The number of piperazine rings is 1. The number of benzene rings is 1. The summed E-state index contributed by atoms with van der Waals surface area (Å²) >= 11 is 0. The Morgan fingerprint density at radius 1 is 1.17 bits per heavy atom. The maximum atomic E-state index is 13.1. The fourth-order valence-electron chi connectivity index (χ4n) is 3.97. The van der Waals surface area contributed by atoms with Crippen molar-refractivity contribution in [1.82, 2.24) is 19.3 Å². The molecule has 2 aromatic heterocycles. The van der Waals surface area contributed by atoms with Gasteiger partial charge in [-0.05, 0) is 26.8 Å². The van der Waals surface area contributed by atoms with Gasteiger partial charge in [0.05, 0.1) is 6.04 Å². The van der Waals surface area contributed by atoms with Gasteiger partial charge in [-0.1, -0.05) is 23.4 Å². The van der Waals surface area contributed by atoms with E-state index in [0.717, 1.165) is 10.9 Å². The summed E-state index contributed by atoms with van der Waals surface area (Å²) < 4.78 is 32.4. The summed E-state index contributed by atoms with van der Waals surface area (Å²) in [6, 6.07) is 7.37. The quantitative estimate of drug-likeness (QED) is 0.641. The molecule has 1 aromatic carbocycles. The number of hydrogen-bond donors (Lipinski definition) is 1. The van der Waals surface area contributed by atoms with Gasteiger partial charge in [-0.25, -0.2) is 8.42 Å². The highest BCUT2D eigenvalue weighted by Gasteiger charge is 2.35. The first kappa shape index (κ1) is 19.8. The Kier molecular flexibility index (Phi) is 5.05. The van der Waals surface area contributed by atoms with Gasteiger partial charge < -0.3 is 9.51 Å². The average Bonchev–Trinajstić information content (AvgIpc) is 3.30. The summed E-state index contributed by atoms with van der Waals surface area (Å²) in [6.45, 7) is 6.71. The first-order valence-corrected chi connectivity index (χ1v) is 11.0. The van der Waals surface area contributed by atoms with E-state index in [0.29, 0.717) is 43.2 Å². The third-order valence-electron chi connectivity index (χ3n) is 5.62. The molecule has 1 unspecified atom stereocenters. The van der Waals surface area contributed by atoms with E-state index in [1.165, 1.54) is 4.31 Å². The summed E-state index contributed by atoms with van der Waals surface area (Å²) in [5, 5.41) is 4.66. The zero-order valence-electron chi connectivity index (χ0n) is 16.7. The van der Waals surface area contributed by atoms with Crippen LogP contribution in [0.25, 0.3) is 10.9 Å². The molecule has 1 saturated heterocycles. The summed E-state index contributed by atoms with van der Waals surface area (Å²) in [5.74, 6) is 0.331. The van der Waals surface area contributed by atoms with E-state index >= 15 is 0 Å². The molecule has 0 amide bonds. The van der Waals surface area contributed by atoms with E-state index in [-0.39, 0.29) is 16.7 Å². The minimum atomic E-state index is -3.66. The number of aromatic amines is 1. The van der Waals surface area contributed by atoms with Crippen LogP contribution in [0.15, 0.2) is 39.9 Å². The zero-order valence-corrected chi connectivity index (χ0v) is 17.5.